The van der Waals surface area contributed by atoms with Gasteiger partial charge in [-0.05, 0) is 36.5 Å². The summed E-state index contributed by atoms with van der Waals surface area (Å²) in [6.45, 7) is 6.10. The minimum Gasteiger partial charge on any atom is -0.355 e. The lowest BCUT2D eigenvalue weighted by Gasteiger charge is -2.18. The van der Waals surface area contributed by atoms with E-state index < -0.39 is 0 Å². The van der Waals surface area contributed by atoms with E-state index >= 15 is 0 Å². The van der Waals surface area contributed by atoms with Crippen molar-refractivity contribution in [3.05, 3.63) is 47.9 Å². The first-order chi connectivity index (χ1) is 11.7. The molecule has 2 fully saturated rings. The summed E-state index contributed by atoms with van der Waals surface area (Å²) in [5.41, 5.74) is 2.23. The van der Waals surface area contributed by atoms with Crippen LogP contribution in [0.1, 0.15) is 16.1 Å². The van der Waals surface area contributed by atoms with Crippen LogP contribution in [0.2, 0.25) is 0 Å². The maximum absolute atomic E-state index is 12.4. The third-order valence-corrected chi connectivity index (χ3v) is 4.84. The number of rotatable bonds is 3. The summed E-state index contributed by atoms with van der Waals surface area (Å²) >= 11 is 0. The number of amides is 1. The van der Waals surface area contributed by atoms with Gasteiger partial charge < -0.3 is 15.5 Å². The van der Waals surface area contributed by atoms with Gasteiger partial charge in [0.05, 0.1) is 12.4 Å². The summed E-state index contributed by atoms with van der Waals surface area (Å²) in [6, 6.07) is 7.72. The molecule has 0 bridgehead atoms. The van der Waals surface area contributed by atoms with Gasteiger partial charge in [0.15, 0.2) is 0 Å². The van der Waals surface area contributed by atoms with Crippen LogP contribution < -0.4 is 15.5 Å². The Morgan fingerprint density at radius 1 is 1.25 bits per heavy atom. The van der Waals surface area contributed by atoms with Gasteiger partial charge in [0.1, 0.15) is 11.5 Å². The van der Waals surface area contributed by atoms with Gasteiger partial charge in [0.2, 0.25) is 0 Å². The molecule has 2 atom stereocenters. The van der Waals surface area contributed by atoms with Gasteiger partial charge >= 0.3 is 0 Å². The Bertz CT molecular complexity index is 751. The quantitative estimate of drug-likeness (QED) is 0.899. The molecule has 1 aromatic heterocycles. The molecule has 2 saturated heterocycles. The van der Waals surface area contributed by atoms with Crippen LogP contribution in [0.3, 0.4) is 0 Å². The van der Waals surface area contributed by atoms with Gasteiger partial charge in [0, 0.05) is 31.9 Å². The molecule has 0 unspecified atom stereocenters. The molecule has 0 radical (unpaired) electrons. The number of nitrogens with zero attached hydrogens (tertiary/aromatic N) is 3. The van der Waals surface area contributed by atoms with Crippen molar-refractivity contribution >= 4 is 17.4 Å². The highest BCUT2D eigenvalue weighted by Gasteiger charge is 2.36. The van der Waals surface area contributed by atoms with E-state index in [2.05, 4.69) is 25.5 Å². The Labute approximate surface area is 141 Å². The fourth-order valence-corrected chi connectivity index (χ4v) is 3.58. The van der Waals surface area contributed by atoms with Crippen LogP contribution in [0, 0.1) is 18.8 Å². The lowest BCUT2D eigenvalue weighted by molar-refractivity contribution is 0.102. The summed E-state index contributed by atoms with van der Waals surface area (Å²) in [6.07, 6.45) is 3.27. The summed E-state index contributed by atoms with van der Waals surface area (Å²) in [5, 5.41) is 6.32. The fraction of sp³-hybridized carbons (Fsp3) is 0.389. The number of hydrogen-bond donors (Lipinski definition) is 2. The molecule has 2 aliphatic rings. The molecule has 0 aliphatic carbocycles. The Hall–Kier alpha value is -2.47. The van der Waals surface area contributed by atoms with Crippen molar-refractivity contribution in [2.45, 2.75) is 6.92 Å². The zero-order valence-corrected chi connectivity index (χ0v) is 13.7. The molecule has 2 N–H and O–H groups in total. The molecule has 124 valence electrons. The van der Waals surface area contributed by atoms with Crippen LogP contribution in [0.15, 0.2) is 36.7 Å². The predicted octanol–water partition coefficient (Wildman–Crippen LogP) is 1.69. The maximum Gasteiger partial charge on any atom is 0.275 e. The second-order valence-electron chi connectivity index (χ2n) is 6.67. The molecule has 1 aromatic carbocycles. The molecule has 1 amide bonds. The first-order valence-corrected chi connectivity index (χ1v) is 8.35. The number of fused-ring (bicyclic) bond motifs is 1. The standard InChI is InChI=1S/C18H21N5O/c1-12-3-2-4-15(5-12)21-18(24)16-8-20-9-17(22-16)23-10-13-6-19-7-14(13)11-23/h2-5,8-9,13-14,19H,6-7,10-11H2,1H3,(H,21,24)/t13-,14+. The molecular weight excluding hydrogens is 302 g/mol. The van der Waals surface area contributed by atoms with Gasteiger partial charge in [0.25, 0.3) is 5.91 Å². The highest BCUT2D eigenvalue weighted by atomic mass is 16.1. The third-order valence-electron chi connectivity index (χ3n) is 4.84. The van der Waals surface area contributed by atoms with Crippen LogP contribution in [0.4, 0.5) is 11.5 Å². The van der Waals surface area contributed by atoms with Crippen molar-refractivity contribution in [3.63, 3.8) is 0 Å². The summed E-state index contributed by atoms with van der Waals surface area (Å²) in [7, 11) is 0. The highest BCUT2D eigenvalue weighted by Crippen LogP contribution is 2.29. The molecule has 3 heterocycles. The third kappa shape index (κ3) is 2.97. The molecule has 4 rings (SSSR count). The average Bonchev–Trinajstić information content (AvgIpc) is 3.16. The minimum atomic E-state index is -0.226. The van der Waals surface area contributed by atoms with Crippen molar-refractivity contribution in [3.8, 4) is 0 Å². The molecular formula is C18H21N5O. The summed E-state index contributed by atoms with van der Waals surface area (Å²) in [5.74, 6) is 1.92. The van der Waals surface area contributed by atoms with E-state index in [0.717, 1.165) is 43.2 Å². The zero-order valence-electron chi connectivity index (χ0n) is 13.7. The highest BCUT2D eigenvalue weighted by molar-refractivity contribution is 6.02. The number of carbonyl (C=O) groups is 1. The Morgan fingerprint density at radius 3 is 2.79 bits per heavy atom. The number of hydrogen-bond acceptors (Lipinski definition) is 5. The Kier molecular flexibility index (Phi) is 3.90. The second-order valence-corrected chi connectivity index (χ2v) is 6.67. The van der Waals surface area contributed by atoms with E-state index in [1.54, 1.807) is 6.20 Å². The molecule has 0 spiro atoms. The predicted molar refractivity (Wildman–Crippen MR) is 93.2 cm³/mol. The minimum absolute atomic E-state index is 0.226. The molecule has 24 heavy (non-hydrogen) atoms. The van der Waals surface area contributed by atoms with E-state index in [-0.39, 0.29) is 5.91 Å². The number of carbonyl (C=O) groups excluding carboxylic acids is 1. The number of nitrogens with one attached hydrogen (secondary N) is 2. The average molecular weight is 323 g/mol. The van der Waals surface area contributed by atoms with E-state index in [1.165, 1.54) is 6.20 Å². The SMILES string of the molecule is Cc1cccc(NC(=O)c2cncc(N3C[C@H]4CNC[C@H]4C3)n2)c1. The molecule has 6 heteroatoms. The van der Waals surface area contributed by atoms with Crippen LogP contribution in [-0.2, 0) is 0 Å². The van der Waals surface area contributed by atoms with Crippen molar-refractivity contribution in [2.24, 2.45) is 11.8 Å². The molecule has 6 nitrogen and oxygen atoms in total. The normalized spacial score (nSPS) is 22.5. The van der Waals surface area contributed by atoms with E-state index in [1.807, 2.05) is 31.2 Å². The smallest absolute Gasteiger partial charge is 0.275 e. The Morgan fingerprint density at radius 2 is 2.04 bits per heavy atom. The molecule has 0 saturated carbocycles. The second kappa shape index (κ2) is 6.20. The van der Waals surface area contributed by atoms with Crippen LogP contribution >= 0.6 is 0 Å². The largest absolute Gasteiger partial charge is 0.355 e. The fourth-order valence-electron chi connectivity index (χ4n) is 3.58. The van der Waals surface area contributed by atoms with Crippen molar-refractivity contribution in [1.29, 1.82) is 0 Å². The van der Waals surface area contributed by atoms with Crippen molar-refractivity contribution in [1.82, 2.24) is 15.3 Å². The van der Waals surface area contributed by atoms with Gasteiger partial charge in [-0.15, -0.1) is 0 Å². The van der Waals surface area contributed by atoms with Crippen molar-refractivity contribution < 1.29 is 4.79 Å². The number of aryl methyl sites for hydroxylation is 1. The summed E-state index contributed by atoms with van der Waals surface area (Å²) < 4.78 is 0. The molecule has 2 aliphatic heterocycles. The number of aromatic nitrogens is 2. The lowest BCUT2D eigenvalue weighted by atomic mass is 10.0. The first kappa shape index (κ1) is 15.1. The lowest BCUT2D eigenvalue weighted by Crippen LogP contribution is -2.27. The van der Waals surface area contributed by atoms with Crippen LogP contribution in [0.25, 0.3) is 0 Å². The van der Waals surface area contributed by atoms with Gasteiger partial charge in [-0.1, -0.05) is 12.1 Å². The van der Waals surface area contributed by atoms with Gasteiger partial charge in [-0.2, -0.15) is 0 Å². The van der Waals surface area contributed by atoms with Crippen molar-refractivity contribution in [2.75, 3.05) is 36.4 Å². The van der Waals surface area contributed by atoms with Gasteiger partial charge in [-0.3, -0.25) is 9.78 Å². The van der Waals surface area contributed by atoms with Gasteiger partial charge in [-0.25, -0.2) is 4.98 Å². The summed E-state index contributed by atoms with van der Waals surface area (Å²) in [4.78, 5) is 23.4. The van der Waals surface area contributed by atoms with E-state index in [4.69, 9.17) is 0 Å². The number of anilines is 2. The monoisotopic (exact) mass is 323 g/mol. The van der Waals surface area contributed by atoms with Crippen LogP contribution in [0.5, 0.6) is 0 Å². The van der Waals surface area contributed by atoms with Crippen LogP contribution in [-0.4, -0.2) is 42.1 Å². The number of benzene rings is 1. The van der Waals surface area contributed by atoms with E-state index in [0.29, 0.717) is 17.5 Å². The molecule has 2 aromatic rings. The Balaban J connectivity index is 1.49. The zero-order chi connectivity index (χ0) is 16.5. The topological polar surface area (TPSA) is 70.2 Å². The van der Waals surface area contributed by atoms with E-state index in [9.17, 15) is 4.79 Å². The maximum atomic E-state index is 12.4. The first-order valence-electron chi connectivity index (χ1n) is 8.35.